The Morgan fingerprint density at radius 2 is 1.85 bits per heavy atom. The third kappa shape index (κ3) is 6.91. The number of esters is 1. The summed E-state index contributed by atoms with van der Waals surface area (Å²) in [7, 11) is 0. The SMILES string of the molecule is CCOc1cc(/C=C(\C#N)C(=O)NCc2ccc(F)cc2)ccc1OC(=O)C1CCCCC1. The number of nitrogens with zero attached hydrogens (tertiary/aromatic N) is 1. The van der Waals surface area contributed by atoms with Crippen LogP contribution in [0.25, 0.3) is 6.08 Å². The maximum atomic E-state index is 13.0. The first kappa shape index (κ1) is 24.0. The Labute approximate surface area is 193 Å². The molecule has 7 heteroatoms. The van der Waals surface area contributed by atoms with E-state index in [1.54, 1.807) is 30.3 Å². The topological polar surface area (TPSA) is 88.4 Å². The van der Waals surface area contributed by atoms with E-state index in [1.807, 2.05) is 13.0 Å². The summed E-state index contributed by atoms with van der Waals surface area (Å²) in [4.78, 5) is 25.0. The number of carbonyl (C=O) groups excluding carboxylic acids is 2. The van der Waals surface area contributed by atoms with Crippen LogP contribution in [0.5, 0.6) is 11.5 Å². The van der Waals surface area contributed by atoms with Crippen LogP contribution in [0.1, 0.15) is 50.2 Å². The third-order valence-corrected chi connectivity index (χ3v) is 5.46. The molecule has 1 N–H and O–H groups in total. The highest BCUT2D eigenvalue weighted by molar-refractivity contribution is 6.01. The second kappa shape index (κ2) is 11.8. The van der Waals surface area contributed by atoms with Gasteiger partial charge in [-0.3, -0.25) is 9.59 Å². The van der Waals surface area contributed by atoms with Gasteiger partial charge in [0.15, 0.2) is 11.5 Å². The quantitative estimate of drug-likeness (QED) is 0.267. The van der Waals surface area contributed by atoms with Gasteiger partial charge in [0, 0.05) is 6.54 Å². The molecule has 0 saturated heterocycles. The number of amides is 1. The first-order chi connectivity index (χ1) is 16.0. The van der Waals surface area contributed by atoms with E-state index in [1.165, 1.54) is 18.2 Å². The smallest absolute Gasteiger partial charge is 0.314 e. The third-order valence-electron chi connectivity index (χ3n) is 5.46. The number of hydrogen-bond donors (Lipinski definition) is 1. The van der Waals surface area contributed by atoms with Crippen molar-refractivity contribution >= 4 is 18.0 Å². The van der Waals surface area contributed by atoms with Crippen molar-refractivity contribution in [3.63, 3.8) is 0 Å². The predicted molar refractivity (Wildman–Crippen MR) is 122 cm³/mol. The van der Waals surface area contributed by atoms with Crippen LogP contribution >= 0.6 is 0 Å². The summed E-state index contributed by atoms with van der Waals surface area (Å²) in [6.45, 7) is 2.35. The molecule has 0 unspecified atom stereocenters. The lowest BCUT2D eigenvalue weighted by molar-refractivity contribution is -0.140. The van der Waals surface area contributed by atoms with Gasteiger partial charge < -0.3 is 14.8 Å². The maximum Gasteiger partial charge on any atom is 0.314 e. The highest BCUT2D eigenvalue weighted by Gasteiger charge is 2.24. The molecule has 1 fully saturated rings. The summed E-state index contributed by atoms with van der Waals surface area (Å²) in [5, 5.41) is 12.1. The van der Waals surface area contributed by atoms with Gasteiger partial charge in [0.1, 0.15) is 17.5 Å². The number of carbonyl (C=O) groups is 2. The van der Waals surface area contributed by atoms with Crippen molar-refractivity contribution in [2.24, 2.45) is 5.92 Å². The molecule has 0 heterocycles. The van der Waals surface area contributed by atoms with Crippen LogP contribution in [0.4, 0.5) is 4.39 Å². The molecule has 0 aliphatic heterocycles. The zero-order chi connectivity index (χ0) is 23.6. The van der Waals surface area contributed by atoms with Crippen molar-refractivity contribution in [3.05, 3.63) is 65.0 Å². The fourth-order valence-corrected chi connectivity index (χ4v) is 3.69. The van der Waals surface area contributed by atoms with E-state index < -0.39 is 5.91 Å². The largest absolute Gasteiger partial charge is 0.490 e. The molecule has 33 heavy (non-hydrogen) atoms. The molecule has 0 bridgehead atoms. The molecule has 0 atom stereocenters. The molecule has 2 aromatic rings. The molecular weight excluding hydrogens is 423 g/mol. The number of nitrogens with one attached hydrogen (secondary N) is 1. The van der Waals surface area contributed by atoms with E-state index in [9.17, 15) is 19.2 Å². The summed E-state index contributed by atoms with van der Waals surface area (Å²) in [5.74, 6) is -0.559. The van der Waals surface area contributed by atoms with Gasteiger partial charge in [0.25, 0.3) is 5.91 Å². The number of nitriles is 1. The molecule has 3 rings (SSSR count). The Morgan fingerprint density at radius 3 is 2.52 bits per heavy atom. The molecule has 6 nitrogen and oxygen atoms in total. The van der Waals surface area contributed by atoms with E-state index in [0.717, 1.165) is 32.1 Å². The Bertz CT molecular complexity index is 1050. The highest BCUT2D eigenvalue weighted by Crippen LogP contribution is 2.32. The number of benzene rings is 2. The van der Waals surface area contributed by atoms with E-state index in [0.29, 0.717) is 29.2 Å². The summed E-state index contributed by atoms with van der Waals surface area (Å²) in [6.07, 6.45) is 6.32. The lowest BCUT2D eigenvalue weighted by atomic mass is 9.89. The van der Waals surface area contributed by atoms with Crippen molar-refractivity contribution in [2.75, 3.05) is 6.61 Å². The van der Waals surface area contributed by atoms with Gasteiger partial charge in [-0.2, -0.15) is 5.26 Å². The minimum atomic E-state index is -0.549. The normalized spacial score (nSPS) is 14.3. The van der Waals surface area contributed by atoms with Gasteiger partial charge in [-0.25, -0.2) is 4.39 Å². The molecule has 1 aliphatic rings. The lowest BCUT2D eigenvalue weighted by Gasteiger charge is -2.20. The van der Waals surface area contributed by atoms with Crippen molar-refractivity contribution < 1.29 is 23.5 Å². The van der Waals surface area contributed by atoms with Gasteiger partial charge in [-0.05, 0) is 61.2 Å². The number of rotatable bonds is 8. The van der Waals surface area contributed by atoms with Gasteiger partial charge in [0.05, 0.1) is 12.5 Å². The maximum absolute atomic E-state index is 13.0. The average Bonchev–Trinajstić information content (AvgIpc) is 2.84. The fraction of sp³-hybridized carbons (Fsp3) is 0.346. The summed E-state index contributed by atoms with van der Waals surface area (Å²) in [5.41, 5.74) is 1.18. The Hall–Kier alpha value is -3.66. The van der Waals surface area contributed by atoms with Crippen molar-refractivity contribution in [3.8, 4) is 17.6 Å². The molecule has 0 spiro atoms. The van der Waals surface area contributed by atoms with Crippen molar-refractivity contribution in [1.29, 1.82) is 5.26 Å². The number of hydrogen-bond acceptors (Lipinski definition) is 5. The molecule has 1 saturated carbocycles. The second-order valence-corrected chi connectivity index (χ2v) is 7.87. The monoisotopic (exact) mass is 450 g/mol. The van der Waals surface area contributed by atoms with Gasteiger partial charge in [0.2, 0.25) is 0 Å². The molecule has 0 radical (unpaired) electrons. The Morgan fingerprint density at radius 1 is 1.12 bits per heavy atom. The Kier molecular flexibility index (Phi) is 8.59. The van der Waals surface area contributed by atoms with Crippen LogP contribution in [0, 0.1) is 23.1 Å². The highest BCUT2D eigenvalue weighted by atomic mass is 19.1. The zero-order valence-electron chi connectivity index (χ0n) is 18.6. The van der Waals surface area contributed by atoms with Crippen LogP contribution in [0.3, 0.4) is 0 Å². The molecule has 1 amide bonds. The number of halogens is 1. The molecule has 2 aromatic carbocycles. The Balaban J connectivity index is 1.71. The average molecular weight is 451 g/mol. The van der Waals surface area contributed by atoms with Gasteiger partial charge in [-0.1, -0.05) is 37.5 Å². The van der Waals surface area contributed by atoms with Crippen LogP contribution in [-0.4, -0.2) is 18.5 Å². The lowest BCUT2D eigenvalue weighted by Crippen LogP contribution is -2.24. The van der Waals surface area contributed by atoms with E-state index in [2.05, 4.69) is 5.32 Å². The van der Waals surface area contributed by atoms with Crippen molar-refractivity contribution in [1.82, 2.24) is 5.32 Å². The first-order valence-electron chi connectivity index (χ1n) is 11.1. The van der Waals surface area contributed by atoms with E-state index >= 15 is 0 Å². The van der Waals surface area contributed by atoms with E-state index in [-0.39, 0.29) is 29.8 Å². The predicted octanol–water partition coefficient (Wildman–Crippen LogP) is 4.93. The second-order valence-electron chi connectivity index (χ2n) is 7.87. The van der Waals surface area contributed by atoms with Crippen LogP contribution in [-0.2, 0) is 16.1 Å². The van der Waals surface area contributed by atoms with Crippen LogP contribution < -0.4 is 14.8 Å². The fourth-order valence-electron chi connectivity index (χ4n) is 3.69. The molecule has 172 valence electrons. The minimum absolute atomic E-state index is 0.0912. The van der Waals surface area contributed by atoms with Crippen LogP contribution in [0.15, 0.2) is 48.0 Å². The molecule has 1 aliphatic carbocycles. The first-order valence-corrected chi connectivity index (χ1v) is 11.1. The molecular formula is C26H27FN2O4. The number of ether oxygens (including phenoxy) is 2. The van der Waals surface area contributed by atoms with Crippen LogP contribution in [0.2, 0.25) is 0 Å². The standard InChI is InChI=1S/C26H27FN2O4/c1-2-32-24-15-19(10-13-23(24)33-26(31)20-6-4-3-5-7-20)14-21(16-28)25(30)29-17-18-8-11-22(27)12-9-18/h8-15,20H,2-7,17H2,1H3,(H,29,30)/b21-14+. The van der Waals surface area contributed by atoms with E-state index in [4.69, 9.17) is 9.47 Å². The summed E-state index contributed by atoms with van der Waals surface area (Å²) >= 11 is 0. The summed E-state index contributed by atoms with van der Waals surface area (Å²) in [6, 6.07) is 12.6. The van der Waals surface area contributed by atoms with Gasteiger partial charge >= 0.3 is 5.97 Å². The minimum Gasteiger partial charge on any atom is -0.490 e. The summed E-state index contributed by atoms with van der Waals surface area (Å²) < 4.78 is 24.3. The molecule has 0 aromatic heterocycles. The van der Waals surface area contributed by atoms with Gasteiger partial charge in [-0.15, -0.1) is 0 Å². The van der Waals surface area contributed by atoms with Crippen molar-refractivity contribution in [2.45, 2.75) is 45.6 Å². The zero-order valence-corrected chi connectivity index (χ0v) is 18.6.